The van der Waals surface area contributed by atoms with E-state index in [1.54, 1.807) is 0 Å². The highest BCUT2D eigenvalue weighted by Crippen LogP contribution is 2.30. The number of rotatable bonds is 11. The van der Waals surface area contributed by atoms with Gasteiger partial charge in [-0.1, -0.05) is 30.3 Å². The second kappa shape index (κ2) is 13.1. The first-order chi connectivity index (χ1) is 15.9. The fourth-order valence-corrected chi connectivity index (χ4v) is 2.93. The van der Waals surface area contributed by atoms with Gasteiger partial charge in [-0.3, -0.25) is 4.99 Å². The summed E-state index contributed by atoms with van der Waals surface area (Å²) in [6.45, 7) is 4.54. The predicted octanol–water partition coefficient (Wildman–Crippen LogP) is 3.92. The molecule has 0 aliphatic rings. The number of nitrogens with two attached hydrogens (primary N) is 2. The van der Waals surface area contributed by atoms with Gasteiger partial charge in [-0.05, 0) is 37.6 Å². The second-order valence-corrected chi connectivity index (χ2v) is 7.13. The van der Waals surface area contributed by atoms with E-state index in [1.807, 2.05) is 44.2 Å². The highest BCUT2D eigenvalue weighted by molar-refractivity contribution is 6.06. The first-order valence-electron chi connectivity index (χ1n) is 10.5. The zero-order valence-corrected chi connectivity index (χ0v) is 19.1. The Hall–Kier alpha value is -3.49. The number of hydrogen-bond donors (Lipinski definition) is 3. The molecular formula is C25H31FN4O3. The number of hydrogen-bond acceptors (Lipinski definition) is 7. The lowest BCUT2D eigenvalue weighted by molar-refractivity contribution is 0.0527. The van der Waals surface area contributed by atoms with Crippen molar-refractivity contribution in [2.75, 3.05) is 13.7 Å². The average Bonchev–Trinajstić information content (AvgIpc) is 2.83. The summed E-state index contributed by atoms with van der Waals surface area (Å²) < 4.78 is 25.1. The SMILES string of the molecule is CCN=CC(=CN)C(O)C(C=C(N)OC)=Nc1ccc(F)cc1[C@@H](C)OCc1ccccc1. The van der Waals surface area contributed by atoms with Crippen LogP contribution in [-0.2, 0) is 16.1 Å². The highest BCUT2D eigenvalue weighted by atomic mass is 19.1. The van der Waals surface area contributed by atoms with Crippen LogP contribution in [-0.4, -0.2) is 36.8 Å². The molecule has 0 radical (unpaired) electrons. The number of nitrogens with zero attached hydrogens (tertiary/aromatic N) is 2. The number of benzene rings is 2. The predicted molar refractivity (Wildman–Crippen MR) is 130 cm³/mol. The molecule has 2 aromatic carbocycles. The van der Waals surface area contributed by atoms with Crippen molar-refractivity contribution in [3.05, 3.63) is 89.2 Å². The smallest absolute Gasteiger partial charge is 0.185 e. The lowest BCUT2D eigenvalue weighted by atomic mass is 10.0. The standard InChI is InChI=1S/C25H31FN4O3/c1-4-29-15-19(14-27)25(31)23(13-24(28)32-3)30-22-11-10-20(26)12-21(22)17(2)33-16-18-8-6-5-7-9-18/h5-15,17,25,31H,4,16,27-28H2,1-3H3/t17-,25?/m1/s1. The van der Waals surface area contributed by atoms with Gasteiger partial charge in [-0.2, -0.15) is 0 Å². The van der Waals surface area contributed by atoms with Crippen LogP contribution >= 0.6 is 0 Å². The largest absolute Gasteiger partial charge is 0.483 e. The number of aliphatic imine (C=N–C) groups is 2. The molecule has 0 aliphatic heterocycles. The van der Waals surface area contributed by atoms with Crippen molar-refractivity contribution in [1.29, 1.82) is 0 Å². The first-order valence-corrected chi connectivity index (χ1v) is 10.5. The normalized spacial score (nSPS) is 15.0. The summed E-state index contributed by atoms with van der Waals surface area (Å²) in [6, 6.07) is 13.8. The van der Waals surface area contributed by atoms with E-state index in [1.165, 1.54) is 43.8 Å². The van der Waals surface area contributed by atoms with Gasteiger partial charge in [0.2, 0.25) is 0 Å². The molecule has 0 aliphatic carbocycles. The van der Waals surface area contributed by atoms with Crippen LogP contribution in [0.3, 0.4) is 0 Å². The quantitative estimate of drug-likeness (QED) is 0.352. The van der Waals surface area contributed by atoms with Crippen molar-refractivity contribution >= 4 is 17.6 Å². The Kier molecular flexibility index (Phi) is 10.3. The number of halogens is 1. The van der Waals surface area contributed by atoms with Gasteiger partial charge < -0.3 is 26.0 Å². The minimum atomic E-state index is -1.24. The lowest BCUT2D eigenvalue weighted by Gasteiger charge is -2.18. The molecule has 2 rings (SSSR count). The average molecular weight is 455 g/mol. The Bertz CT molecular complexity index is 1020. The number of methoxy groups -OCH3 is 1. The van der Waals surface area contributed by atoms with Gasteiger partial charge in [-0.25, -0.2) is 9.38 Å². The fraction of sp³-hybridized carbons (Fsp3) is 0.280. The topological polar surface area (TPSA) is 115 Å². The molecule has 2 atom stereocenters. The highest BCUT2D eigenvalue weighted by Gasteiger charge is 2.19. The Morgan fingerprint density at radius 2 is 1.94 bits per heavy atom. The van der Waals surface area contributed by atoms with Crippen LogP contribution in [0.1, 0.15) is 31.1 Å². The Labute approximate surface area is 194 Å². The molecule has 0 aromatic heterocycles. The number of ether oxygens (including phenoxy) is 2. The number of aliphatic hydroxyl groups is 1. The van der Waals surface area contributed by atoms with E-state index in [0.29, 0.717) is 30.0 Å². The molecule has 1 unspecified atom stereocenters. The van der Waals surface area contributed by atoms with Crippen molar-refractivity contribution < 1.29 is 19.0 Å². The van der Waals surface area contributed by atoms with E-state index in [-0.39, 0.29) is 11.6 Å². The molecule has 0 heterocycles. The summed E-state index contributed by atoms with van der Waals surface area (Å²) in [4.78, 5) is 8.69. The lowest BCUT2D eigenvalue weighted by Crippen LogP contribution is -2.24. The Morgan fingerprint density at radius 1 is 1.21 bits per heavy atom. The summed E-state index contributed by atoms with van der Waals surface area (Å²) in [5.74, 6) is -0.389. The van der Waals surface area contributed by atoms with Crippen molar-refractivity contribution in [3.8, 4) is 0 Å². The van der Waals surface area contributed by atoms with Gasteiger partial charge >= 0.3 is 0 Å². The summed E-state index contributed by atoms with van der Waals surface area (Å²) in [6.07, 6.45) is 2.38. The molecule has 176 valence electrons. The maximum atomic E-state index is 14.1. The van der Waals surface area contributed by atoms with E-state index in [2.05, 4.69) is 9.98 Å². The monoisotopic (exact) mass is 454 g/mol. The van der Waals surface area contributed by atoms with Crippen LogP contribution in [0.15, 0.2) is 82.2 Å². The van der Waals surface area contributed by atoms with Gasteiger partial charge in [0.05, 0.1) is 31.2 Å². The molecule has 0 bridgehead atoms. The van der Waals surface area contributed by atoms with E-state index in [9.17, 15) is 9.50 Å². The molecular weight excluding hydrogens is 423 g/mol. The minimum absolute atomic E-state index is 0.0358. The van der Waals surface area contributed by atoms with Gasteiger partial charge in [-0.15, -0.1) is 0 Å². The van der Waals surface area contributed by atoms with Crippen molar-refractivity contribution in [1.82, 2.24) is 0 Å². The fourth-order valence-electron chi connectivity index (χ4n) is 2.93. The molecule has 2 aromatic rings. The van der Waals surface area contributed by atoms with Crippen LogP contribution < -0.4 is 11.5 Å². The van der Waals surface area contributed by atoms with Gasteiger partial charge in [0.1, 0.15) is 11.9 Å². The second-order valence-electron chi connectivity index (χ2n) is 7.13. The molecule has 0 fully saturated rings. The summed E-state index contributed by atoms with van der Waals surface area (Å²) in [5, 5.41) is 10.9. The summed E-state index contributed by atoms with van der Waals surface area (Å²) in [7, 11) is 1.40. The molecule has 7 nitrogen and oxygen atoms in total. The van der Waals surface area contributed by atoms with Gasteiger partial charge in [0, 0.05) is 36.2 Å². The molecule has 0 spiro atoms. The van der Waals surface area contributed by atoms with Crippen LogP contribution in [0.5, 0.6) is 0 Å². The zero-order valence-electron chi connectivity index (χ0n) is 19.1. The Morgan fingerprint density at radius 3 is 2.58 bits per heavy atom. The third kappa shape index (κ3) is 7.85. The molecule has 33 heavy (non-hydrogen) atoms. The minimum Gasteiger partial charge on any atom is -0.483 e. The van der Waals surface area contributed by atoms with E-state index in [0.717, 1.165) is 5.56 Å². The molecule has 0 saturated heterocycles. The van der Waals surface area contributed by atoms with Gasteiger partial charge in [0.15, 0.2) is 5.88 Å². The van der Waals surface area contributed by atoms with Crippen LogP contribution in [0.25, 0.3) is 0 Å². The maximum Gasteiger partial charge on any atom is 0.185 e. The van der Waals surface area contributed by atoms with E-state index < -0.39 is 18.0 Å². The van der Waals surface area contributed by atoms with E-state index >= 15 is 0 Å². The third-order valence-electron chi connectivity index (χ3n) is 4.76. The van der Waals surface area contributed by atoms with E-state index in [4.69, 9.17) is 20.9 Å². The molecule has 0 amide bonds. The number of aliphatic hydroxyl groups excluding tert-OH is 1. The van der Waals surface area contributed by atoms with Crippen LogP contribution in [0.2, 0.25) is 0 Å². The van der Waals surface area contributed by atoms with Crippen LogP contribution in [0.4, 0.5) is 10.1 Å². The van der Waals surface area contributed by atoms with Crippen molar-refractivity contribution in [3.63, 3.8) is 0 Å². The third-order valence-corrected chi connectivity index (χ3v) is 4.76. The summed E-state index contributed by atoms with van der Waals surface area (Å²) in [5.41, 5.74) is 13.9. The molecule has 8 heteroatoms. The zero-order chi connectivity index (χ0) is 24.2. The molecule has 0 saturated carbocycles. The van der Waals surface area contributed by atoms with Crippen LogP contribution in [0, 0.1) is 5.82 Å². The van der Waals surface area contributed by atoms with Gasteiger partial charge in [0.25, 0.3) is 0 Å². The van der Waals surface area contributed by atoms with Crippen molar-refractivity contribution in [2.45, 2.75) is 32.7 Å². The maximum absolute atomic E-state index is 14.1. The first kappa shape index (κ1) is 25.8. The Balaban J connectivity index is 2.45. The molecule has 5 N–H and O–H groups in total. The van der Waals surface area contributed by atoms with Crippen molar-refractivity contribution in [2.24, 2.45) is 21.5 Å². The summed E-state index contributed by atoms with van der Waals surface area (Å²) >= 11 is 0.